The number of carboxylic acids is 1. The molecule has 0 unspecified atom stereocenters. The highest BCUT2D eigenvalue weighted by Crippen LogP contribution is 2.06. The molecule has 2 rings (SSSR count). The van der Waals surface area contributed by atoms with Crippen LogP contribution < -0.4 is 0 Å². The van der Waals surface area contributed by atoms with E-state index in [9.17, 15) is 4.79 Å². The second kappa shape index (κ2) is 3.56. The lowest BCUT2D eigenvalue weighted by molar-refractivity contribution is 0.0691. The Bertz CT molecular complexity index is 486. The van der Waals surface area contributed by atoms with Crippen LogP contribution in [0.15, 0.2) is 24.9 Å². The monoisotopic (exact) mass is 206 g/mol. The first-order valence-corrected chi connectivity index (χ1v) is 4.51. The Morgan fingerprint density at radius 3 is 2.93 bits per heavy atom. The van der Waals surface area contributed by atoms with E-state index in [-0.39, 0.29) is 5.69 Å². The summed E-state index contributed by atoms with van der Waals surface area (Å²) in [5.74, 6) is -0.374. The van der Waals surface area contributed by atoms with Gasteiger partial charge >= 0.3 is 5.97 Å². The Balaban J connectivity index is 2.41. The van der Waals surface area contributed by atoms with Crippen LogP contribution in [-0.2, 0) is 6.54 Å². The van der Waals surface area contributed by atoms with Gasteiger partial charge in [0.05, 0.1) is 0 Å². The van der Waals surface area contributed by atoms with Gasteiger partial charge in [0.1, 0.15) is 6.33 Å². The van der Waals surface area contributed by atoms with Crippen LogP contribution in [0.4, 0.5) is 0 Å². The third-order valence-electron chi connectivity index (χ3n) is 2.07. The molecule has 0 saturated carbocycles. The quantitative estimate of drug-likeness (QED) is 0.805. The van der Waals surface area contributed by atoms with Crippen molar-refractivity contribution in [2.45, 2.75) is 13.5 Å². The predicted molar refractivity (Wildman–Crippen MR) is 52.0 cm³/mol. The standard InChI is InChI=1S/C9H10N4O2/c1-2-12-4-3-10-9(12)13-5-7(8(14)15)11-6-13/h3-6H,2H2,1H3,(H,14,15). The van der Waals surface area contributed by atoms with Gasteiger partial charge in [-0.25, -0.2) is 14.8 Å². The van der Waals surface area contributed by atoms with Gasteiger partial charge in [-0.15, -0.1) is 0 Å². The van der Waals surface area contributed by atoms with E-state index in [4.69, 9.17) is 5.11 Å². The van der Waals surface area contributed by atoms with Crippen LogP contribution in [0.25, 0.3) is 5.95 Å². The van der Waals surface area contributed by atoms with E-state index >= 15 is 0 Å². The molecule has 0 amide bonds. The highest BCUT2D eigenvalue weighted by atomic mass is 16.4. The van der Waals surface area contributed by atoms with E-state index in [1.165, 1.54) is 12.5 Å². The number of aromatic carboxylic acids is 1. The molecule has 0 bridgehead atoms. The Morgan fingerprint density at radius 2 is 2.33 bits per heavy atom. The van der Waals surface area contributed by atoms with Crippen molar-refractivity contribution in [1.82, 2.24) is 19.1 Å². The summed E-state index contributed by atoms with van der Waals surface area (Å²) >= 11 is 0. The third kappa shape index (κ3) is 1.61. The first-order valence-electron chi connectivity index (χ1n) is 4.51. The van der Waals surface area contributed by atoms with Crippen LogP contribution in [0.2, 0.25) is 0 Å². The molecule has 2 heterocycles. The fraction of sp³-hybridized carbons (Fsp3) is 0.222. The molecule has 0 radical (unpaired) electrons. The van der Waals surface area contributed by atoms with E-state index in [1.54, 1.807) is 10.8 Å². The summed E-state index contributed by atoms with van der Waals surface area (Å²) in [6, 6.07) is 0. The first-order chi connectivity index (χ1) is 7.22. The summed E-state index contributed by atoms with van der Waals surface area (Å²) in [7, 11) is 0. The number of imidazole rings is 2. The number of carbonyl (C=O) groups is 1. The van der Waals surface area contributed by atoms with Crippen LogP contribution in [0.3, 0.4) is 0 Å². The minimum atomic E-state index is -1.04. The average molecular weight is 206 g/mol. The minimum absolute atomic E-state index is 0.0145. The Kier molecular flexibility index (Phi) is 2.24. The number of aryl methyl sites for hydroxylation is 1. The van der Waals surface area contributed by atoms with E-state index < -0.39 is 5.97 Å². The third-order valence-corrected chi connectivity index (χ3v) is 2.07. The van der Waals surface area contributed by atoms with Crippen LogP contribution in [0, 0.1) is 0 Å². The van der Waals surface area contributed by atoms with Crippen molar-refractivity contribution in [3.05, 3.63) is 30.6 Å². The summed E-state index contributed by atoms with van der Waals surface area (Å²) in [6.45, 7) is 2.76. The molecule has 0 aromatic carbocycles. The molecule has 2 aromatic heterocycles. The van der Waals surface area contributed by atoms with Gasteiger partial charge in [0.2, 0.25) is 5.95 Å². The molecule has 0 fully saturated rings. The molecule has 6 nitrogen and oxygen atoms in total. The normalized spacial score (nSPS) is 10.5. The zero-order valence-corrected chi connectivity index (χ0v) is 8.16. The largest absolute Gasteiger partial charge is 0.476 e. The van der Waals surface area contributed by atoms with E-state index in [0.717, 1.165) is 6.54 Å². The summed E-state index contributed by atoms with van der Waals surface area (Å²) in [5.41, 5.74) is 0.0145. The van der Waals surface area contributed by atoms with Gasteiger partial charge in [0, 0.05) is 25.1 Å². The maximum atomic E-state index is 10.6. The number of hydrogen-bond donors (Lipinski definition) is 1. The van der Waals surface area contributed by atoms with Crippen molar-refractivity contribution in [1.29, 1.82) is 0 Å². The van der Waals surface area contributed by atoms with Gasteiger partial charge in [-0.1, -0.05) is 0 Å². The van der Waals surface area contributed by atoms with Crippen molar-refractivity contribution in [3.63, 3.8) is 0 Å². The Morgan fingerprint density at radius 1 is 1.53 bits per heavy atom. The maximum absolute atomic E-state index is 10.6. The Hall–Kier alpha value is -2.11. The molecule has 0 aliphatic carbocycles. The molecule has 0 aliphatic heterocycles. The molecular formula is C9H10N4O2. The van der Waals surface area contributed by atoms with E-state index in [0.29, 0.717) is 5.95 Å². The molecule has 2 aromatic rings. The SMILES string of the molecule is CCn1ccnc1-n1cnc(C(=O)O)c1. The summed E-state index contributed by atoms with van der Waals surface area (Å²) in [5, 5.41) is 8.72. The maximum Gasteiger partial charge on any atom is 0.356 e. The van der Waals surface area contributed by atoms with Gasteiger partial charge in [-0.05, 0) is 6.92 Å². The molecule has 6 heteroatoms. The number of aromatic nitrogens is 4. The first kappa shape index (κ1) is 9.45. The smallest absolute Gasteiger partial charge is 0.356 e. The molecule has 15 heavy (non-hydrogen) atoms. The average Bonchev–Trinajstić information content (AvgIpc) is 2.85. The number of rotatable bonds is 3. The molecular weight excluding hydrogens is 196 g/mol. The zero-order chi connectivity index (χ0) is 10.8. The van der Waals surface area contributed by atoms with Gasteiger partial charge in [0.15, 0.2) is 5.69 Å². The number of carboxylic acid groups (broad SMARTS) is 1. The topological polar surface area (TPSA) is 72.9 Å². The summed E-state index contributed by atoms with van der Waals surface area (Å²) in [4.78, 5) is 18.5. The summed E-state index contributed by atoms with van der Waals surface area (Å²) < 4.78 is 3.49. The van der Waals surface area contributed by atoms with Crippen LogP contribution >= 0.6 is 0 Å². The van der Waals surface area contributed by atoms with Crippen molar-refractivity contribution in [2.24, 2.45) is 0 Å². The van der Waals surface area contributed by atoms with Crippen LogP contribution in [0.5, 0.6) is 0 Å². The molecule has 0 atom stereocenters. The van der Waals surface area contributed by atoms with Gasteiger partial charge < -0.3 is 9.67 Å². The van der Waals surface area contributed by atoms with Crippen molar-refractivity contribution in [3.8, 4) is 5.95 Å². The van der Waals surface area contributed by atoms with Gasteiger partial charge in [0.25, 0.3) is 0 Å². The van der Waals surface area contributed by atoms with E-state index in [1.807, 2.05) is 17.7 Å². The molecule has 0 spiro atoms. The fourth-order valence-electron chi connectivity index (χ4n) is 1.33. The lowest BCUT2D eigenvalue weighted by Crippen LogP contribution is -2.03. The van der Waals surface area contributed by atoms with Crippen molar-refractivity contribution < 1.29 is 9.90 Å². The number of hydrogen-bond acceptors (Lipinski definition) is 3. The van der Waals surface area contributed by atoms with Crippen LogP contribution in [0.1, 0.15) is 17.4 Å². The van der Waals surface area contributed by atoms with Crippen molar-refractivity contribution in [2.75, 3.05) is 0 Å². The van der Waals surface area contributed by atoms with Gasteiger partial charge in [-0.2, -0.15) is 0 Å². The lowest BCUT2D eigenvalue weighted by atomic mass is 10.5. The second-order valence-electron chi connectivity index (χ2n) is 2.98. The fourth-order valence-corrected chi connectivity index (χ4v) is 1.33. The summed E-state index contributed by atoms with van der Waals surface area (Å²) in [6.07, 6.45) is 6.38. The number of nitrogens with zero attached hydrogens (tertiary/aromatic N) is 4. The van der Waals surface area contributed by atoms with Crippen molar-refractivity contribution >= 4 is 5.97 Å². The molecule has 0 aliphatic rings. The van der Waals surface area contributed by atoms with Crippen LogP contribution in [-0.4, -0.2) is 30.2 Å². The van der Waals surface area contributed by atoms with E-state index in [2.05, 4.69) is 9.97 Å². The zero-order valence-electron chi connectivity index (χ0n) is 8.16. The Labute approximate surface area is 85.8 Å². The second-order valence-corrected chi connectivity index (χ2v) is 2.98. The molecule has 1 N–H and O–H groups in total. The lowest BCUT2D eigenvalue weighted by Gasteiger charge is -2.03. The highest BCUT2D eigenvalue weighted by molar-refractivity contribution is 5.85. The minimum Gasteiger partial charge on any atom is -0.476 e. The van der Waals surface area contributed by atoms with Gasteiger partial charge in [-0.3, -0.25) is 4.57 Å². The molecule has 0 saturated heterocycles. The molecule has 78 valence electrons. The highest BCUT2D eigenvalue weighted by Gasteiger charge is 2.09. The predicted octanol–water partition coefficient (Wildman–Crippen LogP) is 0.787.